The van der Waals surface area contributed by atoms with Gasteiger partial charge in [-0.2, -0.15) is 0 Å². The maximum absolute atomic E-state index is 11.6. The SMILES string of the molecule is CC(O)C(=O)c1ccccc1C(C)C. The van der Waals surface area contributed by atoms with Gasteiger partial charge in [0, 0.05) is 5.56 Å². The maximum Gasteiger partial charge on any atom is 0.191 e. The molecular weight excluding hydrogens is 176 g/mol. The lowest BCUT2D eigenvalue weighted by Gasteiger charge is -2.12. The first kappa shape index (κ1) is 10.9. The molecule has 2 heteroatoms. The largest absolute Gasteiger partial charge is 0.385 e. The van der Waals surface area contributed by atoms with Gasteiger partial charge < -0.3 is 5.11 Å². The van der Waals surface area contributed by atoms with E-state index >= 15 is 0 Å². The van der Waals surface area contributed by atoms with Gasteiger partial charge in [-0.25, -0.2) is 0 Å². The molecule has 2 nitrogen and oxygen atoms in total. The normalized spacial score (nSPS) is 12.9. The van der Waals surface area contributed by atoms with Gasteiger partial charge in [0.1, 0.15) is 6.10 Å². The summed E-state index contributed by atoms with van der Waals surface area (Å²) in [5, 5.41) is 9.23. The number of hydrogen-bond acceptors (Lipinski definition) is 2. The summed E-state index contributed by atoms with van der Waals surface area (Å²) in [6, 6.07) is 7.43. The van der Waals surface area contributed by atoms with Crippen LogP contribution in [0.4, 0.5) is 0 Å². The lowest BCUT2D eigenvalue weighted by atomic mass is 9.93. The van der Waals surface area contributed by atoms with E-state index in [1.165, 1.54) is 6.92 Å². The molecule has 0 saturated heterocycles. The highest BCUT2D eigenvalue weighted by atomic mass is 16.3. The Kier molecular flexibility index (Phi) is 3.42. The number of carbonyl (C=O) groups is 1. The van der Waals surface area contributed by atoms with Gasteiger partial charge in [-0.05, 0) is 18.4 Å². The van der Waals surface area contributed by atoms with Crippen molar-refractivity contribution in [2.45, 2.75) is 32.8 Å². The Morgan fingerprint density at radius 2 is 1.79 bits per heavy atom. The molecule has 0 heterocycles. The molecule has 1 atom stereocenters. The minimum Gasteiger partial charge on any atom is -0.385 e. The predicted molar refractivity (Wildman–Crippen MR) is 56.5 cm³/mol. The Morgan fingerprint density at radius 1 is 1.21 bits per heavy atom. The molecule has 1 unspecified atom stereocenters. The second kappa shape index (κ2) is 4.38. The van der Waals surface area contributed by atoms with Crippen molar-refractivity contribution in [1.29, 1.82) is 0 Å². The van der Waals surface area contributed by atoms with E-state index in [4.69, 9.17) is 0 Å². The Labute approximate surface area is 84.6 Å². The number of Topliss-reactive ketones (excluding diaryl/α,β-unsaturated/α-hetero) is 1. The molecule has 1 rings (SSSR count). The number of hydrogen-bond donors (Lipinski definition) is 1. The fraction of sp³-hybridized carbons (Fsp3) is 0.417. The number of rotatable bonds is 3. The standard InChI is InChI=1S/C12H16O2/c1-8(2)10-6-4-5-7-11(10)12(14)9(3)13/h4-9,13H,1-3H3. The molecule has 0 aromatic heterocycles. The Balaban J connectivity index is 3.13. The average molecular weight is 192 g/mol. The van der Waals surface area contributed by atoms with Crippen LogP contribution in [0.3, 0.4) is 0 Å². The lowest BCUT2D eigenvalue weighted by molar-refractivity contribution is 0.0778. The van der Waals surface area contributed by atoms with Gasteiger partial charge in [-0.1, -0.05) is 38.1 Å². The van der Waals surface area contributed by atoms with Gasteiger partial charge in [-0.15, -0.1) is 0 Å². The topological polar surface area (TPSA) is 37.3 Å². The molecule has 0 saturated carbocycles. The minimum atomic E-state index is -0.921. The summed E-state index contributed by atoms with van der Waals surface area (Å²) in [5.74, 6) is 0.100. The summed E-state index contributed by atoms with van der Waals surface area (Å²) >= 11 is 0. The number of ketones is 1. The number of benzene rings is 1. The monoisotopic (exact) mass is 192 g/mol. The molecule has 0 amide bonds. The zero-order chi connectivity index (χ0) is 10.7. The van der Waals surface area contributed by atoms with Gasteiger partial charge in [0.2, 0.25) is 0 Å². The highest BCUT2D eigenvalue weighted by molar-refractivity contribution is 6.00. The summed E-state index contributed by atoms with van der Waals surface area (Å²) < 4.78 is 0. The third-order valence-corrected chi connectivity index (χ3v) is 2.23. The third kappa shape index (κ3) is 2.20. The summed E-state index contributed by atoms with van der Waals surface area (Å²) in [4.78, 5) is 11.6. The van der Waals surface area contributed by atoms with Crippen molar-refractivity contribution in [2.24, 2.45) is 0 Å². The van der Waals surface area contributed by atoms with Crippen LogP contribution in [0, 0.1) is 0 Å². The third-order valence-electron chi connectivity index (χ3n) is 2.23. The van der Waals surface area contributed by atoms with E-state index in [-0.39, 0.29) is 5.78 Å². The van der Waals surface area contributed by atoms with Crippen LogP contribution >= 0.6 is 0 Å². The molecule has 0 fully saturated rings. The number of aliphatic hydroxyl groups excluding tert-OH is 1. The Hall–Kier alpha value is -1.15. The van der Waals surface area contributed by atoms with Crippen LogP contribution in [0.5, 0.6) is 0 Å². The van der Waals surface area contributed by atoms with Gasteiger partial charge in [0.05, 0.1) is 0 Å². The van der Waals surface area contributed by atoms with Crippen LogP contribution in [0.25, 0.3) is 0 Å². The van der Waals surface area contributed by atoms with Gasteiger partial charge in [-0.3, -0.25) is 4.79 Å². The van der Waals surface area contributed by atoms with Crippen LogP contribution in [-0.2, 0) is 0 Å². The summed E-state index contributed by atoms with van der Waals surface area (Å²) in [5.41, 5.74) is 1.64. The molecular formula is C12H16O2. The average Bonchev–Trinajstić information content (AvgIpc) is 2.16. The van der Waals surface area contributed by atoms with E-state index in [0.717, 1.165) is 5.56 Å². The molecule has 1 aromatic carbocycles. The molecule has 1 N–H and O–H groups in total. The highest BCUT2D eigenvalue weighted by Crippen LogP contribution is 2.20. The van der Waals surface area contributed by atoms with Gasteiger partial charge in [0.15, 0.2) is 5.78 Å². The summed E-state index contributed by atoms with van der Waals surface area (Å²) in [6.45, 7) is 5.57. The fourth-order valence-electron chi connectivity index (χ4n) is 1.45. The quantitative estimate of drug-likeness (QED) is 0.746. The van der Waals surface area contributed by atoms with Crippen LogP contribution in [0.2, 0.25) is 0 Å². The molecule has 76 valence electrons. The van der Waals surface area contributed by atoms with Crippen LogP contribution < -0.4 is 0 Å². The van der Waals surface area contributed by atoms with Crippen molar-refractivity contribution in [3.05, 3.63) is 35.4 Å². The smallest absolute Gasteiger partial charge is 0.191 e. The van der Waals surface area contributed by atoms with Crippen LogP contribution in [0.15, 0.2) is 24.3 Å². The van der Waals surface area contributed by atoms with E-state index in [2.05, 4.69) is 0 Å². The molecule has 14 heavy (non-hydrogen) atoms. The summed E-state index contributed by atoms with van der Waals surface area (Å²) in [7, 11) is 0. The Morgan fingerprint density at radius 3 is 2.29 bits per heavy atom. The molecule has 0 aliphatic carbocycles. The first-order valence-electron chi connectivity index (χ1n) is 4.85. The lowest BCUT2D eigenvalue weighted by Crippen LogP contribution is -2.18. The van der Waals surface area contributed by atoms with Crippen LogP contribution in [0.1, 0.15) is 42.6 Å². The molecule has 0 aliphatic heterocycles. The van der Waals surface area contributed by atoms with Crippen LogP contribution in [-0.4, -0.2) is 17.0 Å². The number of aliphatic hydroxyl groups is 1. The van der Waals surface area contributed by atoms with Gasteiger partial charge in [0.25, 0.3) is 0 Å². The first-order chi connectivity index (χ1) is 6.54. The van der Waals surface area contributed by atoms with Gasteiger partial charge >= 0.3 is 0 Å². The molecule has 0 bridgehead atoms. The van der Waals surface area contributed by atoms with E-state index in [9.17, 15) is 9.90 Å². The highest BCUT2D eigenvalue weighted by Gasteiger charge is 2.16. The van der Waals surface area contributed by atoms with Crippen molar-refractivity contribution in [2.75, 3.05) is 0 Å². The zero-order valence-electron chi connectivity index (χ0n) is 8.82. The zero-order valence-corrected chi connectivity index (χ0v) is 8.82. The molecule has 1 aromatic rings. The first-order valence-corrected chi connectivity index (χ1v) is 4.85. The van der Waals surface area contributed by atoms with E-state index in [0.29, 0.717) is 11.5 Å². The van der Waals surface area contributed by atoms with Crippen molar-refractivity contribution in [1.82, 2.24) is 0 Å². The van der Waals surface area contributed by atoms with E-state index in [1.807, 2.05) is 32.0 Å². The van der Waals surface area contributed by atoms with Crippen molar-refractivity contribution < 1.29 is 9.90 Å². The number of carbonyl (C=O) groups excluding carboxylic acids is 1. The van der Waals surface area contributed by atoms with Crippen molar-refractivity contribution in [3.63, 3.8) is 0 Å². The van der Waals surface area contributed by atoms with Crippen molar-refractivity contribution in [3.8, 4) is 0 Å². The maximum atomic E-state index is 11.6. The summed E-state index contributed by atoms with van der Waals surface area (Å²) in [6.07, 6.45) is -0.921. The molecule has 0 aliphatic rings. The minimum absolute atomic E-state index is 0.200. The van der Waals surface area contributed by atoms with Crippen molar-refractivity contribution >= 4 is 5.78 Å². The second-order valence-electron chi connectivity index (χ2n) is 3.78. The van der Waals surface area contributed by atoms with E-state index in [1.54, 1.807) is 6.07 Å². The molecule has 0 spiro atoms. The van der Waals surface area contributed by atoms with E-state index < -0.39 is 6.10 Å². The Bertz CT molecular complexity index is 327. The molecule has 0 radical (unpaired) electrons. The fourth-order valence-corrected chi connectivity index (χ4v) is 1.45. The second-order valence-corrected chi connectivity index (χ2v) is 3.78. The predicted octanol–water partition coefficient (Wildman–Crippen LogP) is 2.37.